The highest BCUT2D eigenvalue weighted by molar-refractivity contribution is 7.14. The number of primary amides is 1. The van der Waals surface area contributed by atoms with E-state index in [0.717, 1.165) is 18.0 Å². The van der Waals surface area contributed by atoms with Crippen molar-refractivity contribution < 1.29 is 4.79 Å². The molecule has 88 valence electrons. The van der Waals surface area contributed by atoms with Crippen molar-refractivity contribution in [3.8, 4) is 0 Å². The summed E-state index contributed by atoms with van der Waals surface area (Å²) in [4.78, 5) is 17.6. The molecule has 0 saturated carbocycles. The minimum absolute atomic E-state index is 0.0705. The summed E-state index contributed by atoms with van der Waals surface area (Å²) in [6.07, 6.45) is 1.83. The number of hydrogen-bond donors (Lipinski definition) is 1. The molecule has 1 aliphatic rings. The summed E-state index contributed by atoms with van der Waals surface area (Å²) in [5.41, 5.74) is 5.35. The Morgan fingerprint density at radius 3 is 3.00 bits per heavy atom. The summed E-state index contributed by atoms with van der Waals surface area (Å²) < 4.78 is 0. The van der Waals surface area contributed by atoms with Gasteiger partial charge in [-0.05, 0) is 19.8 Å². The molecule has 1 aromatic heterocycles. The Hall–Kier alpha value is -0.810. The van der Waals surface area contributed by atoms with Gasteiger partial charge in [-0.25, -0.2) is 4.98 Å². The first-order chi connectivity index (χ1) is 7.58. The molecule has 0 bridgehead atoms. The Bertz CT molecular complexity index is 395. The van der Waals surface area contributed by atoms with Crippen molar-refractivity contribution >= 4 is 34.0 Å². The SMILES string of the molecule is CC1CCC(C(N)=O)CN1c1nc(Cl)cs1. The Balaban J connectivity index is 2.15. The maximum absolute atomic E-state index is 11.2. The van der Waals surface area contributed by atoms with Crippen molar-refractivity contribution in [1.29, 1.82) is 0 Å². The number of amides is 1. The standard InChI is InChI=1S/C10H14ClN3OS/c1-6-2-3-7(9(12)15)4-14(6)10-13-8(11)5-16-10/h5-7H,2-4H2,1H3,(H2,12,15). The van der Waals surface area contributed by atoms with Crippen LogP contribution < -0.4 is 10.6 Å². The molecular formula is C10H14ClN3OS. The number of halogens is 1. The molecule has 16 heavy (non-hydrogen) atoms. The van der Waals surface area contributed by atoms with Gasteiger partial charge in [-0.3, -0.25) is 4.79 Å². The maximum Gasteiger partial charge on any atom is 0.222 e. The summed E-state index contributed by atoms with van der Waals surface area (Å²) in [7, 11) is 0. The fourth-order valence-electron chi connectivity index (χ4n) is 1.98. The van der Waals surface area contributed by atoms with Crippen LogP contribution in [0.1, 0.15) is 19.8 Å². The molecule has 2 unspecified atom stereocenters. The highest BCUT2D eigenvalue weighted by Gasteiger charge is 2.30. The zero-order valence-corrected chi connectivity index (χ0v) is 10.6. The van der Waals surface area contributed by atoms with E-state index in [2.05, 4.69) is 16.8 Å². The first-order valence-corrected chi connectivity index (χ1v) is 6.50. The minimum Gasteiger partial charge on any atom is -0.369 e. The average Bonchev–Trinajstić information content (AvgIpc) is 2.65. The summed E-state index contributed by atoms with van der Waals surface area (Å²) in [6.45, 7) is 2.78. The summed E-state index contributed by atoms with van der Waals surface area (Å²) >= 11 is 7.31. The second-order valence-electron chi connectivity index (χ2n) is 4.13. The van der Waals surface area contributed by atoms with E-state index in [-0.39, 0.29) is 11.8 Å². The fourth-order valence-corrected chi connectivity index (χ4v) is 3.04. The summed E-state index contributed by atoms with van der Waals surface area (Å²) in [5, 5.41) is 3.19. The molecule has 2 heterocycles. The molecule has 1 aromatic rings. The molecular weight excluding hydrogens is 246 g/mol. The molecule has 0 aliphatic carbocycles. The van der Waals surface area contributed by atoms with Gasteiger partial charge in [-0.1, -0.05) is 11.6 Å². The molecule has 0 radical (unpaired) electrons. The fraction of sp³-hybridized carbons (Fsp3) is 0.600. The Morgan fingerprint density at radius 2 is 2.44 bits per heavy atom. The van der Waals surface area contributed by atoms with Gasteiger partial charge in [0, 0.05) is 18.0 Å². The van der Waals surface area contributed by atoms with Gasteiger partial charge < -0.3 is 10.6 Å². The molecule has 2 rings (SSSR count). The molecule has 1 aliphatic heterocycles. The van der Waals surface area contributed by atoms with Crippen LogP contribution >= 0.6 is 22.9 Å². The monoisotopic (exact) mass is 259 g/mol. The van der Waals surface area contributed by atoms with Gasteiger partial charge in [-0.15, -0.1) is 11.3 Å². The Kier molecular flexibility index (Phi) is 3.35. The van der Waals surface area contributed by atoms with Gasteiger partial charge in [0.1, 0.15) is 5.15 Å². The van der Waals surface area contributed by atoms with Gasteiger partial charge >= 0.3 is 0 Å². The van der Waals surface area contributed by atoms with Crippen LogP contribution in [0.15, 0.2) is 5.38 Å². The van der Waals surface area contributed by atoms with Crippen molar-refractivity contribution in [3.63, 3.8) is 0 Å². The van der Waals surface area contributed by atoms with E-state index in [4.69, 9.17) is 17.3 Å². The van der Waals surface area contributed by atoms with Crippen LogP contribution in [0.2, 0.25) is 5.15 Å². The zero-order valence-electron chi connectivity index (χ0n) is 9.02. The van der Waals surface area contributed by atoms with E-state index >= 15 is 0 Å². The number of piperidine rings is 1. The Morgan fingerprint density at radius 1 is 1.69 bits per heavy atom. The van der Waals surface area contributed by atoms with Crippen molar-refractivity contribution in [2.24, 2.45) is 11.7 Å². The molecule has 1 fully saturated rings. The van der Waals surface area contributed by atoms with Crippen LogP contribution in [0, 0.1) is 5.92 Å². The lowest BCUT2D eigenvalue weighted by Gasteiger charge is -2.36. The van der Waals surface area contributed by atoms with Gasteiger partial charge in [0.25, 0.3) is 0 Å². The van der Waals surface area contributed by atoms with Gasteiger partial charge in [0.05, 0.1) is 5.92 Å². The number of thiazole rings is 1. The van der Waals surface area contributed by atoms with E-state index in [1.807, 2.05) is 0 Å². The number of rotatable bonds is 2. The first-order valence-electron chi connectivity index (χ1n) is 5.25. The van der Waals surface area contributed by atoms with Gasteiger partial charge in [0.15, 0.2) is 5.13 Å². The second kappa shape index (κ2) is 4.59. The second-order valence-corrected chi connectivity index (χ2v) is 5.35. The van der Waals surface area contributed by atoms with E-state index in [9.17, 15) is 4.79 Å². The van der Waals surface area contributed by atoms with Crippen molar-refractivity contribution in [2.75, 3.05) is 11.4 Å². The van der Waals surface area contributed by atoms with Gasteiger partial charge in [0.2, 0.25) is 5.91 Å². The van der Waals surface area contributed by atoms with Crippen LogP contribution in [-0.4, -0.2) is 23.5 Å². The number of carbonyl (C=O) groups is 1. The van der Waals surface area contributed by atoms with Gasteiger partial charge in [-0.2, -0.15) is 0 Å². The number of aromatic nitrogens is 1. The smallest absolute Gasteiger partial charge is 0.222 e. The number of nitrogens with zero attached hydrogens (tertiary/aromatic N) is 2. The van der Waals surface area contributed by atoms with Crippen LogP contribution in [-0.2, 0) is 4.79 Å². The van der Waals surface area contributed by atoms with E-state index in [1.54, 1.807) is 5.38 Å². The maximum atomic E-state index is 11.2. The molecule has 4 nitrogen and oxygen atoms in total. The molecule has 2 N–H and O–H groups in total. The normalized spacial score (nSPS) is 25.8. The lowest BCUT2D eigenvalue weighted by atomic mass is 9.93. The van der Waals surface area contributed by atoms with Crippen molar-refractivity contribution in [1.82, 2.24) is 4.98 Å². The third-order valence-electron chi connectivity index (χ3n) is 2.99. The topological polar surface area (TPSA) is 59.2 Å². The van der Waals surface area contributed by atoms with Crippen LogP contribution in [0.25, 0.3) is 0 Å². The van der Waals surface area contributed by atoms with Crippen LogP contribution in [0.5, 0.6) is 0 Å². The number of nitrogens with two attached hydrogens (primary N) is 1. The number of anilines is 1. The highest BCUT2D eigenvalue weighted by Crippen LogP contribution is 2.30. The lowest BCUT2D eigenvalue weighted by molar-refractivity contribution is -0.122. The van der Waals surface area contributed by atoms with Crippen molar-refractivity contribution in [3.05, 3.63) is 10.5 Å². The molecule has 0 aromatic carbocycles. The number of hydrogen-bond acceptors (Lipinski definition) is 4. The predicted octanol–water partition coefficient (Wildman–Crippen LogP) is 1.89. The molecule has 1 saturated heterocycles. The largest absolute Gasteiger partial charge is 0.369 e. The van der Waals surface area contributed by atoms with Crippen LogP contribution in [0.3, 0.4) is 0 Å². The third kappa shape index (κ3) is 2.30. The molecule has 2 atom stereocenters. The molecule has 6 heteroatoms. The zero-order chi connectivity index (χ0) is 11.7. The predicted molar refractivity (Wildman–Crippen MR) is 65.9 cm³/mol. The average molecular weight is 260 g/mol. The molecule has 0 spiro atoms. The minimum atomic E-state index is -0.223. The quantitative estimate of drug-likeness (QED) is 0.882. The van der Waals surface area contributed by atoms with E-state index < -0.39 is 0 Å². The lowest BCUT2D eigenvalue weighted by Crippen LogP contribution is -2.45. The Labute approximate surface area is 103 Å². The van der Waals surface area contributed by atoms with E-state index in [0.29, 0.717) is 17.7 Å². The third-order valence-corrected chi connectivity index (χ3v) is 4.19. The van der Waals surface area contributed by atoms with Crippen LogP contribution in [0.4, 0.5) is 5.13 Å². The first kappa shape index (κ1) is 11.7. The molecule has 1 amide bonds. The highest BCUT2D eigenvalue weighted by atomic mass is 35.5. The summed E-state index contributed by atoms with van der Waals surface area (Å²) in [5.74, 6) is -0.293. The summed E-state index contributed by atoms with van der Waals surface area (Å²) in [6, 6.07) is 0.387. The van der Waals surface area contributed by atoms with Crippen molar-refractivity contribution in [2.45, 2.75) is 25.8 Å². The number of carbonyl (C=O) groups excluding carboxylic acids is 1. The van der Waals surface area contributed by atoms with E-state index in [1.165, 1.54) is 11.3 Å².